The summed E-state index contributed by atoms with van der Waals surface area (Å²) in [5, 5.41) is 12.6. The van der Waals surface area contributed by atoms with E-state index in [1.807, 2.05) is 66.7 Å². The highest BCUT2D eigenvalue weighted by Gasteiger charge is 2.45. The maximum absolute atomic E-state index is 12.6. The van der Waals surface area contributed by atoms with Gasteiger partial charge in [0.1, 0.15) is 41.3 Å². The number of benzene rings is 3. The molecule has 2 atom stereocenters. The Bertz CT molecular complexity index is 1170. The second kappa shape index (κ2) is 10.1. The molecule has 3 aromatic rings. The van der Waals surface area contributed by atoms with Crippen LogP contribution in [0.3, 0.4) is 0 Å². The fraction of sp³-hybridized carbons (Fsp3) is 0.333. The maximum atomic E-state index is 12.6. The molecule has 182 valence electrons. The molecule has 2 aliphatic heterocycles. The Morgan fingerprint density at radius 1 is 1.00 bits per heavy atom. The Morgan fingerprint density at radius 3 is 2.49 bits per heavy atom. The first-order valence-electron chi connectivity index (χ1n) is 12.4. The predicted molar refractivity (Wildman–Crippen MR) is 136 cm³/mol. The molecule has 2 aliphatic rings. The van der Waals surface area contributed by atoms with Gasteiger partial charge in [-0.2, -0.15) is 0 Å². The maximum Gasteiger partial charge on any atom is 0.137 e. The molecule has 2 heterocycles. The molecule has 0 spiro atoms. The van der Waals surface area contributed by atoms with E-state index in [9.17, 15) is 5.11 Å². The molecule has 1 N–H and O–H groups in total. The van der Waals surface area contributed by atoms with Crippen molar-refractivity contribution in [2.24, 2.45) is 0 Å². The van der Waals surface area contributed by atoms with Gasteiger partial charge in [-0.05, 0) is 42.3 Å². The zero-order valence-corrected chi connectivity index (χ0v) is 20.1. The minimum atomic E-state index is -1.30. The molecule has 1 saturated heterocycles. The van der Waals surface area contributed by atoms with Crippen molar-refractivity contribution >= 4 is 0 Å². The van der Waals surface area contributed by atoms with E-state index in [0.717, 1.165) is 55.1 Å². The lowest BCUT2D eigenvalue weighted by Crippen LogP contribution is -2.34. The van der Waals surface area contributed by atoms with Crippen LogP contribution >= 0.6 is 0 Å². The van der Waals surface area contributed by atoms with Gasteiger partial charge < -0.3 is 24.1 Å². The van der Waals surface area contributed by atoms with E-state index < -0.39 is 5.60 Å². The third-order valence-corrected chi connectivity index (χ3v) is 6.92. The van der Waals surface area contributed by atoms with Crippen LogP contribution in [0.15, 0.2) is 79.4 Å². The lowest BCUT2D eigenvalue weighted by molar-refractivity contribution is 0.0254. The van der Waals surface area contributed by atoms with Gasteiger partial charge in [0.25, 0.3) is 0 Å². The molecule has 0 aliphatic carbocycles. The summed E-state index contributed by atoms with van der Waals surface area (Å²) in [4.78, 5) is 0. The van der Waals surface area contributed by atoms with E-state index in [0.29, 0.717) is 23.7 Å². The van der Waals surface area contributed by atoms with E-state index >= 15 is 0 Å². The van der Waals surface area contributed by atoms with E-state index in [1.54, 1.807) is 6.08 Å². The molecule has 35 heavy (non-hydrogen) atoms. The number of hydrogen-bond donors (Lipinski definition) is 1. The summed E-state index contributed by atoms with van der Waals surface area (Å²) >= 11 is 0. The van der Waals surface area contributed by atoms with Crippen LogP contribution in [0.4, 0.5) is 0 Å². The topological polar surface area (TPSA) is 57.2 Å². The third kappa shape index (κ3) is 4.54. The average molecular weight is 473 g/mol. The fourth-order valence-corrected chi connectivity index (χ4v) is 5.19. The molecule has 0 aromatic heterocycles. The molecular formula is C30H32O5. The van der Waals surface area contributed by atoms with Gasteiger partial charge in [-0.1, -0.05) is 49.9 Å². The van der Waals surface area contributed by atoms with Crippen molar-refractivity contribution < 1.29 is 24.1 Å². The zero-order valence-electron chi connectivity index (χ0n) is 20.1. The fourth-order valence-electron chi connectivity index (χ4n) is 5.19. The van der Waals surface area contributed by atoms with Crippen molar-refractivity contribution in [3.8, 4) is 23.0 Å². The predicted octanol–water partition coefficient (Wildman–Crippen LogP) is 6.34. The van der Waals surface area contributed by atoms with Crippen molar-refractivity contribution in [2.75, 3.05) is 19.8 Å². The van der Waals surface area contributed by atoms with Crippen molar-refractivity contribution in [3.05, 3.63) is 96.1 Å². The van der Waals surface area contributed by atoms with Gasteiger partial charge in [-0.3, -0.25) is 0 Å². The Morgan fingerprint density at radius 2 is 1.74 bits per heavy atom. The second-order valence-corrected chi connectivity index (χ2v) is 9.08. The highest BCUT2D eigenvalue weighted by Crippen LogP contribution is 2.53. The number of aliphatic hydroxyl groups is 1. The summed E-state index contributed by atoms with van der Waals surface area (Å²) in [6, 6.07) is 21.4. The van der Waals surface area contributed by atoms with E-state index in [4.69, 9.17) is 18.9 Å². The van der Waals surface area contributed by atoms with E-state index in [2.05, 4.69) is 13.5 Å². The van der Waals surface area contributed by atoms with Gasteiger partial charge >= 0.3 is 0 Å². The largest absolute Gasteiger partial charge is 0.490 e. The minimum absolute atomic E-state index is 0.161. The van der Waals surface area contributed by atoms with Crippen LogP contribution in [0.25, 0.3) is 0 Å². The number of para-hydroxylation sites is 1. The zero-order chi connectivity index (χ0) is 24.3. The Balaban J connectivity index is 1.57. The SMILES string of the molecule is C=CCOc1ccc2c(c1)Oc1ccccc1C(CC)C2(O)c1ccc(OC2CCOCC2)cc1. The van der Waals surface area contributed by atoms with Gasteiger partial charge in [0.05, 0.1) is 13.2 Å². The van der Waals surface area contributed by atoms with Crippen LogP contribution < -0.4 is 14.2 Å². The monoisotopic (exact) mass is 472 g/mol. The summed E-state index contributed by atoms with van der Waals surface area (Å²) < 4.78 is 23.8. The summed E-state index contributed by atoms with van der Waals surface area (Å²) in [7, 11) is 0. The van der Waals surface area contributed by atoms with Crippen LogP contribution in [0.2, 0.25) is 0 Å². The van der Waals surface area contributed by atoms with Crippen molar-refractivity contribution in [2.45, 2.75) is 43.8 Å². The molecule has 5 rings (SSSR count). The molecule has 0 amide bonds. The Hall–Kier alpha value is -3.28. The Kier molecular flexibility index (Phi) is 6.80. The van der Waals surface area contributed by atoms with Crippen molar-refractivity contribution in [3.63, 3.8) is 0 Å². The molecule has 2 unspecified atom stereocenters. The molecule has 5 heteroatoms. The number of ether oxygens (including phenoxy) is 4. The molecule has 1 fully saturated rings. The average Bonchev–Trinajstić information content (AvgIpc) is 3.00. The first kappa shape index (κ1) is 23.5. The number of rotatable bonds is 7. The molecule has 0 bridgehead atoms. The van der Waals surface area contributed by atoms with Gasteiger partial charge in [0.2, 0.25) is 0 Å². The second-order valence-electron chi connectivity index (χ2n) is 9.08. The molecule has 0 radical (unpaired) electrons. The normalized spacial score (nSPS) is 21.7. The summed E-state index contributed by atoms with van der Waals surface area (Å²) in [5.74, 6) is 2.59. The van der Waals surface area contributed by atoms with Crippen molar-refractivity contribution in [1.82, 2.24) is 0 Å². The number of hydrogen-bond acceptors (Lipinski definition) is 5. The quantitative estimate of drug-likeness (QED) is 0.407. The molecule has 5 nitrogen and oxygen atoms in total. The molecule has 0 saturated carbocycles. The Labute approximate surface area is 206 Å². The first-order chi connectivity index (χ1) is 17.1. The van der Waals surface area contributed by atoms with Gasteiger partial charge in [-0.15, -0.1) is 0 Å². The standard InChI is InChI=1S/C30H32O5/c1-3-17-33-24-13-14-27-29(20-24)35-28-8-6-5-7-25(28)26(4-2)30(27,31)21-9-11-22(12-10-21)34-23-15-18-32-19-16-23/h3,5-14,20,23,26,31H,1,4,15-19H2,2H3. The lowest BCUT2D eigenvalue weighted by Gasteiger charge is -2.36. The van der Waals surface area contributed by atoms with Gasteiger partial charge in [0.15, 0.2) is 0 Å². The smallest absolute Gasteiger partial charge is 0.137 e. The van der Waals surface area contributed by atoms with E-state index in [1.165, 1.54) is 0 Å². The highest BCUT2D eigenvalue weighted by atomic mass is 16.5. The molecular weight excluding hydrogens is 440 g/mol. The summed E-state index contributed by atoms with van der Waals surface area (Å²) in [5.41, 5.74) is 1.18. The van der Waals surface area contributed by atoms with Crippen LogP contribution in [-0.4, -0.2) is 31.0 Å². The highest BCUT2D eigenvalue weighted by molar-refractivity contribution is 5.57. The minimum Gasteiger partial charge on any atom is -0.490 e. The van der Waals surface area contributed by atoms with Crippen molar-refractivity contribution in [1.29, 1.82) is 0 Å². The van der Waals surface area contributed by atoms with E-state index in [-0.39, 0.29) is 12.0 Å². The van der Waals surface area contributed by atoms with Crippen LogP contribution in [0.1, 0.15) is 48.8 Å². The van der Waals surface area contributed by atoms with Gasteiger partial charge in [0, 0.05) is 36.0 Å². The van der Waals surface area contributed by atoms with Crippen LogP contribution in [0.5, 0.6) is 23.0 Å². The third-order valence-electron chi connectivity index (χ3n) is 6.92. The first-order valence-corrected chi connectivity index (χ1v) is 12.4. The molecule has 3 aromatic carbocycles. The summed E-state index contributed by atoms with van der Waals surface area (Å²) in [6.45, 7) is 7.68. The lowest BCUT2D eigenvalue weighted by atomic mass is 9.72. The van der Waals surface area contributed by atoms with Gasteiger partial charge in [-0.25, -0.2) is 0 Å². The number of fused-ring (bicyclic) bond motifs is 2. The van der Waals surface area contributed by atoms with Crippen LogP contribution in [0, 0.1) is 0 Å². The van der Waals surface area contributed by atoms with Crippen LogP contribution in [-0.2, 0) is 10.3 Å². The summed E-state index contributed by atoms with van der Waals surface area (Å²) in [6.07, 6.45) is 4.37.